The molecular weight excluding hydrogens is 1440 g/mol. The summed E-state index contributed by atoms with van der Waals surface area (Å²) in [4.78, 5) is 189. The summed E-state index contributed by atoms with van der Waals surface area (Å²) < 4.78 is 0. The Morgan fingerprint density at radius 3 is 1.79 bits per heavy atom. The van der Waals surface area contributed by atoms with Gasteiger partial charge in [-0.05, 0) is 148 Å². The van der Waals surface area contributed by atoms with E-state index in [0.717, 1.165) is 17.2 Å². The van der Waals surface area contributed by atoms with E-state index < -0.39 is 163 Å². The number of anilines is 4. The average molecular weight is 1550 g/mol. The maximum Gasteiger partial charge on any atom is 0.270 e. The van der Waals surface area contributed by atoms with Crippen molar-refractivity contribution in [3.8, 4) is 0 Å². The number of Topliss-reactive ketones (excluding diaryl/α,β-unsaturated/α-hetero) is 2. The second kappa shape index (κ2) is 42.1. The first-order valence-electron chi connectivity index (χ1n) is 37.0. The van der Waals surface area contributed by atoms with Crippen LogP contribution < -0.4 is 72.0 Å². The van der Waals surface area contributed by atoms with E-state index >= 15 is 38.4 Å². The summed E-state index contributed by atoms with van der Waals surface area (Å²) >= 11 is 6.37. The molecule has 1 aliphatic rings. The van der Waals surface area contributed by atoms with Crippen LogP contribution in [-0.4, -0.2) is 219 Å². The Morgan fingerprint density at radius 2 is 1.21 bits per heavy atom. The van der Waals surface area contributed by atoms with Crippen LogP contribution in [0.3, 0.4) is 0 Å². The van der Waals surface area contributed by atoms with Crippen molar-refractivity contribution in [1.29, 1.82) is 0 Å². The predicted molar refractivity (Wildman–Crippen MR) is 413 cm³/mol. The summed E-state index contributed by atoms with van der Waals surface area (Å²) in [5.41, 5.74) is 42.3. The number of aromatic nitrogens is 7. The molecule has 1 fully saturated rings. The number of pyridine rings is 1. The summed E-state index contributed by atoms with van der Waals surface area (Å²) in [5, 5.41) is 43.1. The number of halogens is 1. The van der Waals surface area contributed by atoms with Crippen molar-refractivity contribution in [1.82, 2.24) is 71.3 Å². The number of aliphatic hydroxyl groups excluding tert-OH is 1. The average Bonchev–Trinajstić information content (AvgIpc) is 0.936. The summed E-state index contributed by atoms with van der Waals surface area (Å²) in [5.74, 6) is -15.8. The predicted octanol–water partition coefficient (Wildman–Crippen LogP) is 0.694. The van der Waals surface area contributed by atoms with E-state index in [-0.39, 0.29) is 115 Å². The lowest BCUT2D eigenvalue weighted by Crippen LogP contribution is -2.76. The number of nitrogen functional groups attached to an aromatic ring is 2. The van der Waals surface area contributed by atoms with Gasteiger partial charge in [0.25, 0.3) is 29.5 Å². The number of hydrogen-bond donors (Lipinski definition) is 16. The van der Waals surface area contributed by atoms with Crippen molar-refractivity contribution in [3.63, 3.8) is 0 Å². The molecule has 0 bridgehead atoms. The SMILES string of the molecule is CC(=O)N[C@H](Cc1ccc2ccccc2c1)C(=O)C[C@](C(=O)[C@H](N)Cc1ccc(Cl)cc1)(C(=O)N(C(=O)[C@H](CC(C)C)NC(=O)[C@H](N)CCCCNc1n[nH]c(N)n1)C(=O)[C@@H](N)CCCCNc1n[nH]c(N)n1)N(C(=O)[C@H](CO)NC(=O)[C@H](N)Cc1cccnc1)C(=O)[C@@H]1CCCN1C(=O)[C@@H](N)CCCCNC(C)C. The highest BCUT2D eigenvalue weighted by atomic mass is 35.5. The van der Waals surface area contributed by atoms with Crippen LogP contribution in [0.4, 0.5) is 23.8 Å². The number of benzene rings is 3. The van der Waals surface area contributed by atoms with E-state index in [1.165, 1.54) is 36.7 Å². The van der Waals surface area contributed by atoms with Crippen LogP contribution in [0, 0.1) is 5.92 Å². The number of imide groups is 4. The molecule has 3 aromatic heterocycles. The van der Waals surface area contributed by atoms with Gasteiger partial charge in [0.2, 0.25) is 47.4 Å². The molecular formula is C74H106ClN23O12. The van der Waals surface area contributed by atoms with Gasteiger partial charge in [0.1, 0.15) is 18.1 Å². The molecule has 110 heavy (non-hydrogen) atoms. The van der Waals surface area contributed by atoms with Gasteiger partial charge < -0.3 is 82.0 Å². The van der Waals surface area contributed by atoms with E-state index in [9.17, 15) is 19.5 Å². The number of aromatic amines is 2. The number of amides is 9. The maximum atomic E-state index is 17.8. The number of carbonyl (C=O) groups excluding carboxylic acids is 11. The molecule has 35 nitrogen and oxygen atoms in total. The van der Waals surface area contributed by atoms with Gasteiger partial charge in [0.15, 0.2) is 17.1 Å². The van der Waals surface area contributed by atoms with E-state index in [1.807, 2.05) is 19.9 Å². The molecule has 36 heteroatoms. The number of nitrogens with two attached hydrogens (primary N) is 7. The lowest BCUT2D eigenvalue weighted by molar-refractivity contribution is -0.177. The summed E-state index contributed by atoms with van der Waals surface area (Å²) in [7, 11) is 0. The monoisotopic (exact) mass is 1540 g/mol. The molecule has 1 aliphatic heterocycles. The van der Waals surface area contributed by atoms with Crippen LogP contribution in [0.5, 0.6) is 0 Å². The molecule has 596 valence electrons. The summed E-state index contributed by atoms with van der Waals surface area (Å²) in [6.45, 7) is 7.60. The second-order valence-corrected chi connectivity index (χ2v) is 28.9. The van der Waals surface area contributed by atoms with Crippen LogP contribution >= 0.6 is 11.6 Å². The number of nitrogens with one attached hydrogen (secondary N) is 8. The quantitative estimate of drug-likeness (QED) is 0.0185. The first-order valence-corrected chi connectivity index (χ1v) is 37.4. The Morgan fingerprint density at radius 1 is 0.627 bits per heavy atom. The molecule has 6 aromatic rings. The van der Waals surface area contributed by atoms with Gasteiger partial charge in [-0.25, -0.2) is 15.1 Å². The number of aliphatic hydroxyl groups is 1. The number of H-pyrrole nitrogens is 2. The third kappa shape index (κ3) is 24.6. The fourth-order valence-corrected chi connectivity index (χ4v) is 13.2. The Balaban J connectivity index is 1.50. The molecule has 0 radical (unpaired) electrons. The van der Waals surface area contributed by atoms with Gasteiger partial charge in [-0.3, -0.25) is 62.6 Å². The van der Waals surface area contributed by atoms with Crippen molar-refractivity contribution in [2.45, 2.75) is 203 Å². The van der Waals surface area contributed by atoms with Crippen molar-refractivity contribution in [2.75, 3.05) is 54.9 Å². The van der Waals surface area contributed by atoms with Crippen molar-refractivity contribution >= 4 is 111 Å². The molecule has 7 rings (SSSR count). The van der Waals surface area contributed by atoms with Gasteiger partial charge >= 0.3 is 0 Å². The minimum Gasteiger partial charge on any atom is -0.394 e. The second-order valence-electron chi connectivity index (χ2n) is 28.4. The van der Waals surface area contributed by atoms with Crippen molar-refractivity contribution in [3.05, 3.63) is 113 Å². The number of rotatable bonds is 44. The zero-order chi connectivity index (χ0) is 80.4. The van der Waals surface area contributed by atoms with E-state index in [1.54, 1.807) is 62.4 Å². The smallest absolute Gasteiger partial charge is 0.270 e. The first-order chi connectivity index (χ1) is 52.4. The molecule has 9 amide bonds. The fraction of sp³-hybridized carbons (Fsp3) is 0.514. The molecule has 3 aromatic carbocycles. The van der Waals surface area contributed by atoms with Gasteiger partial charge in [-0.1, -0.05) is 106 Å². The standard InChI is InChI=1S/C74H106ClN23O12/c1-42(2)34-57(88-62(103)51(76)19-8-12-31-85-72-90-70(81)92-94-72)66(107)97(65(106)53(78)21-10-13-32-86-73-91-71(82)93-95-73)69(110)74(61(102)54(79)36-45-24-27-50(75)28-25-45,39-60(101)56(87-44(5)100)38-46-23-26-48-17-6-7-18-49(48)35-46)98(67(108)58(41-99)89-63(104)55(80)37-47-16-14-29-83-40-47)68(109)59-22-15-33-96(59)64(105)52(77)20-9-11-30-84-43(3)4/h6-7,14,16-18,23-29,35,40,42-43,51-59,84,99H,8-13,15,19-22,30-34,36-39,41,76-80H2,1-5H3,(H,87,100)(H,88,103)(H,89,104)(H4,81,85,90,92,94)(H4,82,86,91,93,95)/t51-,52+,53+,54-,55-,56-,57+,58+,59+,74+/m1/s1. The largest absolute Gasteiger partial charge is 0.394 e. The van der Waals surface area contributed by atoms with Crippen LogP contribution in [0.15, 0.2) is 91.3 Å². The van der Waals surface area contributed by atoms with Gasteiger partial charge in [0, 0.05) is 56.4 Å². The molecule has 0 saturated carbocycles. The van der Waals surface area contributed by atoms with Gasteiger partial charge in [0.05, 0.1) is 42.9 Å². The van der Waals surface area contributed by atoms with Gasteiger partial charge in [-0.2, -0.15) is 9.97 Å². The highest BCUT2D eigenvalue weighted by Crippen LogP contribution is 2.35. The normalized spacial score (nSPS) is 15.6. The van der Waals surface area contributed by atoms with Crippen LogP contribution in [0.1, 0.15) is 135 Å². The lowest BCUT2D eigenvalue weighted by Gasteiger charge is -2.46. The molecule has 0 unspecified atom stereocenters. The van der Waals surface area contributed by atoms with Crippen LogP contribution in [0.25, 0.3) is 10.8 Å². The topological polar surface area (TPSA) is 568 Å². The highest BCUT2D eigenvalue weighted by Gasteiger charge is 2.64. The Labute approximate surface area is 643 Å². The minimum atomic E-state index is -4.03. The lowest BCUT2D eigenvalue weighted by atomic mass is 9.77. The van der Waals surface area contributed by atoms with E-state index in [0.29, 0.717) is 55.3 Å². The zero-order valence-corrected chi connectivity index (χ0v) is 63.6. The number of likely N-dealkylation sites (tertiary alicyclic amines) is 1. The third-order valence-corrected chi connectivity index (χ3v) is 19.0. The number of fused-ring (bicyclic) bond motifs is 1. The fourth-order valence-electron chi connectivity index (χ4n) is 13.0. The molecule has 0 spiro atoms. The zero-order valence-electron chi connectivity index (χ0n) is 62.8. The maximum absolute atomic E-state index is 17.8. The number of ketones is 2. The van der Waals surface area contributed by atoms with Gasteiger partial charge in [-0.15, -0.1) is 10.2 Å². The Kier molecular flexibility index (Phi) is 33.3. The molecule has 4 heterocycles. The third-order valence-electron chi connectivity index (χ3n) is 18.8. The molecule has 10 atom stereocenters. The Bertz CT molecular complexity index is 4110. The summed E-state index contributed by atoms with van der Waals surface area (Å²) in [6, 6.07) is 4.84. The van der Waals surface area contributed by atoms with E-state index in [2.05, 4.69) is 67.2 Å². The van der Waals surface area contributed by atoms with Crippen molar-refractivity contribution in [2.24, 2.45) is 34.6 Å². The van der Waals surface area contributed by atoms with Crippen LogP contribution in [0.2, 0.25) is 5.02 Å². The molecule has 23 N–H and O–H groups in total. The summed E-state index contributed by atoms with van der Waals surface area (Å²) in [6.07, 6.45) is 0.753. The van der Waals surface area contributed by atoms with Crippen LogP contribution in [-0.2, 0) is 72.0 Å². The minimum absolute atomic E-state index is 0.00380. The first kappa shape index (κ1) is 87.0. The number of carbonyl (C=O) groups is 11. The number of unbranched alkanes of at least 4 members (excludes halogenated alkanes) is 3. The van der Waals surface area contributed by atoms with E-state index in [4.69, 9.17) is 51.7 Å². The molecule has 1 saturated heterocycles. The Hall–Kier alpha value is -10.3. The molecule has 0 aliphatic carbocycles. The number of hydrogen-bond acceptors (Lipinski definition) is 27. The number of nitrogens with zero attached hydrogens (tertiary/aromatic N) is 8. The van der Waals surface area contributed by atoms with Crippen molar-refractivity contribution < 1.29 is 57.8 Å². The highest BCUT2D eigenvalue weighted by molar-refractivity contribution is 6.30.